The first-order valence-electron chi connectivity index (χ1n) is 11.0. The number of rotatable bonds is 7. The van der Waals surface area contributed by atoms with Gasteiger partial charge in [-0.1, -0.05) is 49.1 Å². The molecule has 0 heterocycles. The van der Waals surface area contributed by atoms with Crippen LogP contribution in [0.2, 0.25) is 5.02 Å². The number of sulfonamides is 1. The number of nitrogens with one attached hydrogen (secondary N) is 2. The van der Waals surface area contributed by atoms with Crippen molar-refractivity contribution >= 4 is 44.8 Å². The fourth-order valence-electron chi connectivity index (χ4n) is 4.14. The Morgan fingerprint density at radius 3 is 2.42 bits per heavy atom. The molecule has 0 bridgehead atoms. The van der Waals surface area contributed by atoms with E-state index in [1.807, 2.05) is 0 Å². The lowest BCUT2D eigenvalue weighted by molar-refractivity contribution is -0.116. The number of anilines is 2. The molecule has 2 aromatic rings. The fourth-order valence-corrected chi connectivity index (χ4v) is 5.53. The Labute approximate surface area is 200 Å². The van der Waals surface area contributed by atoms with Crippen molar-refractivity contribution in [2.75, 3.05) is 15.9 Å². The van der Waals surface area contributed by atoms with Gasteiger partial charge in [-0.3, -0.25) is 13.9 Å². The molecule has 178 valence electrons. The average molecular weight is 492 g/mol. The van der Waals surface area contributed by atoms with Gasteiger partial charge in [0, 0.05) is 11.1 Å². The number of nitrogens with zero attached hydrogens (tertiary/aromatic N) is 1. The molecular weight excluding hydrogens is 462 g/mol. The average Bonchev–Trinajstić information content (AvgIpc) is 2.76. The van der Waals surface area contributed by atoms with Gasteiger partial charge in [-0.25, -0.2) is 8.42 Å². The van der Waals surface area contributed by atoms with Crippen LogP contribution in [-0.4, -0.2) is 38.6 Å². The summed E-state index contributed by atoms with van der Waals surface area (Å²) in [5.41, 5.74) is 1.67. The van der Waals surface area contributed by atoms with Crippen molar-refractivity contribution in [2.45, 2.75) is 58.0 Å². The van der Waals surface area contributed by atoms with E-state index in [9.17, 15) is 18.0 Å². The first-order valence-corrected chi connectivity index (χ1v) is 13.3. The molecule has 3 rings (SSSR count). The van der Waals surface area contributed by atoms with Crippen LogP contribution in [-0.2, 0) is 14.8 Å². The van der Waals surface area contributed by atoms with Crippen molar-refractivity contribution in [3.05, 3.63) is 58.6 Å². The molecule has 2 N–H and O–H groups in total. The van der Waals surface area contributed by atoms with Crippen molar-refractivity contribution in [3.8, 4) is 0 Å². The lowest BCUT2D eigenvalue weighted by Gasteiger charge is -2.30. The van der Waals surface area contributed by atoms with Gasteiger partial charge in [-0.05, 0) is 56.5 Å². The number of amides is 2. The number of carbonyl (C=O) groups is 2. The van der Waals surface area contributed by atoms with E-state index in [0.717, 1.165) is 36.2 Å². The van der Waals surface area contributed by atoms with Crippen LogP contribution in [0.4, 0.5) is 11.4 Å². The molecule has 7 nitrogen and oxygen atoms in total. The number of halogens is 1. The minimum Gasteiger partial charge on any atom is -0.349 e. The fraction of sp³-hybridized carbons (Fsp3) is 0.417. The van der Waals surface area contributed by atoms with E-state index in [4.69, 9.17) is 11.6 Å². The molecule has 1 fully saturated rings. The maximum atomic E-state index is 13.2. The number of benzene rings is 2. The van der Waals surface area contributed by atoms with Gasteiger partial charge < -0.3 is 10.6 Å². The van der Waals surface area contributed by atoms with E-state index in [2.05, 4.69) is 10.6 Å². The van der Waals surface area contributed by atoms with E-state index in [0.29, 0.717) is 27.5 Å². The Morgan fingerprint density at radius 1 is 1.09 bits per heavy atom. The maximum absolute atomic E-state index is 13.2. The summed E-state index contributed by atoms with van der Waals surface area (Å²) < 4.78 is 26.3. The van der Waals surface area contributed by atoms with Gasteiger partial charge >= 0.3 is 0 Å². The van der Waals surface area contributed by atoms with Crippen LogP contribution < -0.4 is 14.9 Å². The molecule has 0 aliphatic heterocycles. The van der Waals surface area contributed by atoms with Crippen molar-refractivity contribution < 1.29 is 18.0 Å². The number of carbonyl (C=O) groups excluding carboxylic acids is 2. The highest BCUT2D eigenvalue weighted by molar-refractivity contribution is 7.92. The van der Waals surface area contributed by atoms with Gasteiger partial charge in [0.15, 0.2) is 0 Å². The van der Waals surface area contributed by atoms with Crippen LogP contribution in [0, 0.1) is 6.92 Å². The highest BCUT2D eigenvalue weighted by Crippen LogP contribution is 2.29. The van der Waals surface area contributed by atoms with Crippen molar-refractivity contribution in [1.29, 1.82) is 0 Å². The molecule has 2 amide bonds. The smallest absolute Gasteiger partial charge is 0.253 e. The highest BCUT2D eigenvalue weighted by Gasteiger charge is 2.31. The van der Waals surface area contributed by atoms with E-state index in [1.165, 1.54) is 19.4 Å². The molecular formula is C24H30ClN3O4S. The highest BCUT2D eigenvalue weighted by atomic mass is 35.5. The summed E-state index contributed by atoms with van der Waals surface area (Å²) >= 11 is 6.09. The van der Waals surface area contributed by atoms with Gasteiger partial charge in [0.2, 0.25) is 15.9 Å². The maximum Gasteiger partial charge on any atom is 0.253 e. The SMILES string of the molecule is Cc1ccc(Cl)cc1N([C@H](C)C(=O)Nc1ccccc1C(=O)NC1CCCCC1)S(C)(=O)=O. The second-order valence-electron chi connectivity index (χ2n) is 8.51. The standard InChI is InChI=1S/C24H30ClN3O4S/c1-16-13-14-18(25)15-22(16)28(33(3,31)32)17(2)23(29)27-21-12-8-7-11-20(21)24(30)26-19-9-5-4-6-10-19/h7-8,11-15,17,19H,4-6,9-10H2,1-3H3,(H,26,30)(H,27,29)/t17-/m1/s1. The van der Waals surface area contributed by atoms with Gasteiger partial charge in [0.05, 0.1) is 23.2 Å². The van der Waals surface area contributed by atoms with Crippen molar-refractivity contribution in [1.82, 2.24) is 5.32 Å². The number of hydrogen-bond donors (Lipinski definition) is 2. The van der Waals surface area contributed by atoms with Gasteiger partial charge in [-0.15, -0.1) is 0 Å². The molecule has 0 unspecified atom stereocenters. The van der Waals surface area contributed by atoms with Crippen molar-refractivity contribution in [2.24, 2.45) is 0 Å². The molecule has 2 aromatic carbocycles. The molecule has 0 spiro atoms. The Kier molecular flexibility index (Phi) is 8.02. The van der Waals surface area contributed by atoms with Gasteiger partial charge in [-0.2, -0.15) is 0 Å². The van der Waals surface area contributed by atoms with Crippen LogP contribution in [0.15, 0.2) is 42.5 Å². The zero-order chi connectivity index (χ0) is 24.2. The lowest BCUT2D eigenvalue weighted by atomic mass is 9.95. The van der Waals surface area contributed by atoms with E-state index in [1.54, 1.807) is 43.3 Å². The molecule has 1 aliphatic rings. The number of hydrogen-bond acceptors (Lipinski definition) is 4. The summed E-state index contributed by atoms with van der Waals surface area (Å²) in [4.78, 5) is 26.1. The topological polar surface area (TPSA) is 95.6 Å². The van der Waals surface area contributed by atoms with E-state index < -0.39 is 22.0 Å². The van der Waals surface area contributed by atoms with E-state index >= 15 is 0 Å². The largest absolute Gasteiger partial charge is 0.349 e. The Hall–Kier alpha value is -2.58. The Balaban J connectivity index is 1.84. The monoisotopic (exact) mass is 491 g/mol. The Bertz CT molecular complexity index is 1130. The third-order valence-electron chi connectivity index (χ3n) is 5.87. The minimum atomic E-state index is -3.80. The second-order valence-corrected chi connectivity index (χ2v) is 10.8. The number of para-hydroxylation sites is 1. The van der Waals surface area contributed by atoms with Gasteiger partial charge in [0.25, 0.3) is 5.91 Å². The van der Waals surface area contributed by atoms with Gasteiger partial charge in [0.1, 0.15) is 6.04 Å². The van der Waals surface area contributed by atoms with Crippen LogP contribution in [0.25, 0.3) is 0 Å². The van der Waals surface area contributed by atoms with Crippen LogP contribution in [0.1, 0.15) is 54.9 Å². The first-order chi connectivity index (χ1) is 15.6. The summed E-state index contributed by atoms with van der Waals surface area (Å²) in [7, 11) is -3.80. The quantitative estimate of drug-likeness (QED) is 0.595. The normalized spacial score (nSPS) is 15.5. The Morgan fingerprint density at radius 2 is 1.76 bits per heavy atom. The minimum absolute atomic E-state index is 0.125. The van der Waals surface area contributed by atoms with Crippen LogP contribution in [0.3, 0.4) is 0 Å². The molecule has 33 heavy (non-hydrogen) atoms. The summed E-state index contributed by atoms with van der Waals surface area (Å²) in [5.74, 6) is -0.811. The predicted octanol–water partition coefficient (Wildman–Crippen LogP) is 4.50. The third-order valence-corrected chi connectivity index (χ3v) is 7.33. The molecule has 0 saturated heterocycles. The van der Waals surface area contributed by atoms with E-state index in [-0.39, 0.29) is 11.9 Å². The summed E-state index contributed by atoms with van der Waals surface area (Å²) in [5, 5.41) is 6.16. The zero-order valence-corrected chi connectivity index (χ0v) is 20.7. The number of aryl methyl sites for hydroxylation is 1. The summed E-state index contributed by atoms with van der Waals surface area (Å²) in [6.07, 6.45) is 6.29. The molecule has 9 heteroatoms. The zero-order valence-electron chi connectivity index (χ0n) is 19.1. The molecule has 1 atom stereocenters. The molecule has 0 aromatic heterocycles. The van der Waals surface area contributed by atoms with Crippen molar-refractivity contribution in [3.63, 3.8) is 0 Å². The predicted molar refractivity (Wildman–Crippen MR) is 132 cm³/mol. The summed E-state index contributed by atoms with van der Waals surface area (Å²) in [6, 6.07) is 10.7. The lowest BCUT2D eigenvalue weighted by Crippen LogP contribution is -2.46. The summed E-state index contributed by atoms with van der Waals surface area (Å²) in [6.45, 7) is 3.25. The first kappa shape index (κ1) is 25.1. The third kappa shape index (κ3) is 6.26. The molecule has 1 saturated carbocycles. The second kappa shape index (κ2) is 10.6. The molecule has 1 aliphatic carbocycles. The van der Waals surface area contributed by atoms with Crippen LogP contribution >= 0.6 is 11.6 Å². The van der Waals surface area contributed by atoms with Crippen LogP contribution in [0.5, 0.6) is 0 Å². The molecule has 0 radical (unpaired) electrons.